The summed E-state index contributed by atoms with van der Waals surface area (Å²) in [6.07, 6.45) is 4.51. The first-order valence-corrected chi connectivity index (χ1v) is 8.60. The van der Waals surface area contributed by atoms with Gasteiger partial charge in [0.2, 0.25) is 5.91 Å². The lowest BCUT2D eigenvalue weighted by Gasteiger charge is -2.34. The van der Waals surface area contributed by atoms with Crippen LogP contribution >= 0.6 is 0 Å². The molecule has 0 aromatic heterocycles. The molecule has 6 heteroatoms. The largest absolute Gasteiger partial charge is 0.508 e. The third kappa shape index (κ3) is 5.76. The second-order valence-corrected chi connectivity index (χ2v) is 6.37. The van der Waals surface area contributed by atoms with Crippen LogP contribution in [0.1, 0.15) is 31.2 Å². The Morgan fingerprint density at radius 1 is 1.42 bits per heavy atom. The maximum atomic E-state index is 11.1. The van der Waals surface area contributed by atoms with Crippen molar-refractivity contribution in [3.63, 3.8) is 0 Å². The van der Waals surface area contributed by atoms with Gasteiger partial charge < -0.3 is 21.1 Å². The Kier molecular flexibility index (Phi) is 6.90. The van der Waals surface area contributed by atoms with Crippen LogP contribution in [-0.2, 0) is 11.2 Å². The van der Waals surface area contributed by atoms with E-state index >= 15 is 0 Å². The molecule has 2 rings (SSSR count). The Bertz CT molecular complexity index is 557. The van der Waals surface area contributed by atoms with Crippen molar-refractivity contribution in [2.75, 3.05) is 26.7 Å². The average Bonchev–Trinajstić information content (AvgIpc) is 2.56. The number of guanidine groups is 1. The number of aromatic hydroxyl groups is 1. The van der Waals surface area contributed by atoms with Gasteiger partial charge in [0.25, 0.3) is 0 Å². The molecule has 1 aliphatic rings. The third-order valence-corrected chi connectivity index (χ3v) is 4.38. The summed E-state index contributed by atoms with van der Waals surface area (Å²) in [6, 6.07) is 7.33. The Morgan fingerprint density at radius 3 is 2.83 bits per heavy atom. The lowest BCUT2D eigenvalue weighted by atomic mass is 9.95. The molecule has 1 heterocycles. The number of piperidine rings is 1. The van der Waals surface area contributed by atoms with Gasteiger partial charge in [-0.15, -0.1) is 0 Å². The van der Waals surface area contributed by atoms with Gasteiger partial charge in [-0.3, -0.25) is 9.79 Å². The van der Waals surface area contributed by atoms with Crippen molar-refractivity contribution in [3.8, 4) is 5.75 Å². The SMILES string of the molecule is CN=C(NCCCc1ccc(O)cc1)N1CCCC(CC(N)=O)C1. The number of aryl methyl sites for hydroxylation is 1. The molecule has 6 nitrogen and oxygen atoms in total. The van der Waals surface area contributed by atoms with Crippen LogP contribution in [0.25, 0.3) is 0 Å². The number of phenolic OH excluding ortho intramolecular Hbond substituents is 1. The van der Waals surface area contributed by atoms with Gasteiger partial charge in [-0.2, -0.15) is 0 Å². The van der Waals surface area contributed by atoms with Gasteiger partial charge in [0.1, 0.15) is 5.75 Å². The first-order valence-electron chi connectivity index (χ1n) is 8.60. The van der Waals surface area contributed by atoms with E-state index in [1.54, 1.807) is 19.2 Å². The second-order valence-electron chi connectivity index (χ2n) is 6.37. The van der Waals surface area contributed by atoms with Gasteiger partial charge in [0.15, 0.2) is 5.96 Å². The first-order chi connectivity index (χ1) is 11.6. The number of carbonyl (C=O) groups is 1. The van der Waals surface area contributed by atoms with E-state index in [-0.39, 0.29) is 5.91 Å². The number of rotatable bonds is 6. The summed E-state index contributed by atoms with van der Waals surface area (Å²) in [5, 5.41) is 12.7. The number of amides is 1. The summed E-state index contributed by atoms with van der Waals surface area (Å²) >= 11 is 0. The van der Waals surface area contributed by atoms with Crippen LogP contribution in [0, 0.1) is 5.92 Å². The smallest absolute Gasteiger partial charge is 0.217 e. The lowest BCUT2D eigenvalue weighted by Crippen LogP contribution is -2.47. The van der Waals surface area contributed by atoms with Gasteiger partial charge in [-0.1, -0.05) is 12.1 Å². The van der Waals surface area contributed by atoms with Gasteiger partial charge in [-0.25, -0.2) is 0 Å². The number of aliphatic imine (C=N–C) groups is 1. The molecule has 24 heavy (non-hydrogen) atoms. The van der Waals surface area contributed by atoms with Crippen LogP contribution in [0.15, 0.2) is 29.3 Å². The van der Waals surface area contributed by atoms with Crippen molar-refractivity contribution in [1.29, 1.82) is 0 Å². The number of nitrogens with zero attached hydrogens (tertiary/aromatic N) is 2. The van der Waals surface area contributed by atoms with Gasteiger partial charge in [-0.05, 0) is 49.3 Å². The molecule has 0 spiro atoms. The highest BCUT2D eigenvalue weighted by Gasteiger charge is 2.23. The summed E-state index contributed by atoms with van der Waals surface area (Å²) in [6.45, 7) is 2.64. The molecule has 1 atom stereocenters. The van der Waals surface area contributed by atoms with Crippen molar-refractivity contribution in [3.05, 3.63) is 29.8 Å². The number of nitrogens with two attached hydrogens (primary N) is 1. The Morgan fingerprint density at radius 2 is 2.17 bits per heavy atom. The van der Waals surface area contributed by atoms with Crippen molar-refractivity contribution in [2.24, 2.45) is 16.6 Å². The molecular formula is C18H28N4O2. The number of nitrogens with one attached hydrogen (secondary N) is 1. The molecule has 0 bridgehead atoms. The van der Waals surface area contributed by atoms with E-state index < -0.39 is 0 Å². The molecule has 1 aromatic rings. The van der Waals surface area contributed by atoms with E-state index in [9.17, 15) is 9.90 Å². The van der Waals surface area contributed by atoms with Gasteiger partial charge in [0.05, 0.1) is 0 Å². The fourth-order valence-corrected chi connectivity index (χ4v) is 3.20. The maximum Gasteiger partial charge on any atom is 0.217 e. The number of carbonyl (C=O) groups excluding carboxylic acids is 1. The molecule has 1 saturated heterocycles. The number of benzene rings is 1. The number of likely N-dealkylation sites (tertiary alicyclic amines) is 1. The maximum absolute atomic E-state index is 11.1. The molecular weight excluding hydrogens is 304 g/mol. The van der Waals surface area contributed by atoms with Crippen LogP contribution in [0.3, 0.4) is 0 Å². The molecule has 1 unspecified atom stereocenters. The van der Waals surface area contributed by atoms with Gasteiger partial charge in [0, 0.05) is 33.1 Å². The van der Waals surface area contributed by atoms with Crippen LogP contribution in [0.5, 0.6) is 5.75 Å². The van der Waals surface area contributed by atoms with Crippen molar-refractivity contribution in [1.82, 2.24) is 10.2 Å². The quantitative estimate of drug-likeness (QED) is 0.418. The van der Waals surface area contributed by atoms with Gasteiger partial charge >= 0.3 is 0 Å². The zero-order valence-corrected chi connectivity index (χ0v) is 14.4. The molecule has 1 amide bonds. The second kappa shape index (κ2) is 9.15. The Labute approximate surface area is 143 Å². The molecule has 0 saturated carbocycles. The summed E-state index contributed by atoms with van der Waals surface area (Å²) in [5.74, 6) is 1.30. The first kappa shape index (κ1) is 18.1. The molecule has 1 aliphatic heterocycles. The predicted octanol–water partition coefficient (Wildman–Crippen LogP) is 1.49. The van der Waals surface area contributed by atoms with E-state index in [2.05, 4.69) is 15.2 Å². The third-order valence-electron chi connectivity index (χ3n) is 4.38. The number of primary amides is 1. The fourth-order valence-electron chi connectivity index (χ4n) is 3.20. The minimum Gasteiger partial charge on any atom is -0.508 e. The molecule has 132 valence electrons. The van der Waals surface area contributed by atoms with Crippen LogP contribution in [-0.4, -0.2) is 48.6 Å². The van der Waals surface area contributed by atoms with E-state index in [0.29, 0.717) is 18.1 Å². The zero-order chi connectivity index (χ0) is 17.4. The van der Waals surface area contributed by atoms with Crippen molar-refractivity contribution in [2.45, 2.75) is 32.1 Å². The molecule has 1 aromatic carbocycles. The molecule has 4 N–H and O–H groups in total. The molecule has 0 radical (unpaired) electrons. The highest BCUT2D eigenvalue weighted by atomic mass is 16.3. The standard InChI is InChI=1S/C18H28N4O2/c1-20-18(22-11-3-5-15(13-22)12-17(19)24)21-10-2-4-14-6-8-16(23)9-7-14/h6-9,15,23H,2-5,10-13H2,1H3,(H2,19,24)(H,20,21). The Hall–Kier alpha value is -2.24. The minimum atomic E-state index is -0.223. The van der Waals surface area contributed by atoms with Crippen molar-refractivity contribution < 1.29 is 9.90 Å². The highest BCUT2D eigenvalue weighted by molar-refractivity contribution is 5.80. The van der Waals surface area contributed by atoms with Crippen LogP contribution in [0.4, 0.5) is 0 Å². The zero-order valence-electron chi connectivity index (χ0n) is 14.4. The van der Waals surface area contributed by atoms with E-state index in [1.165, 1.54) is 5.56 Å². The van der Waals surface area contributed by atoms with E-state index in [0.717, 1.165) is 51.3 Å². The van der Waals surface area contributed by atoms with E-state index in [4.69, 9.17) is 5.73 Å². The average molecular weight is 332 g/mol. The van der Waals surface area contributed by atoms with Crippen LogP contribution < -0.4 is 11.1 Å². The predicted molar refractivity (Wildman–Crippen MR) is 95.9 cm³/mol. The van der Waals surface area contributed by atoms with Crippen molar-refractivity contribution >= 4 is 11.9 Å². The monoisotopic (exact) mass is 332 g/mol. The normalized spacial score (nSPS) is 18.5. The summed E-state index contributed by atoms with van der Waals surface area (Å²) < 4.78 is 0. The topological polar surface area (TPSA) is 91.0 Å². The summed E-state index contributed by atoms with van der Waals surface area (Å²) in [7, 11) is 1.79. The molecule has 1 fully saturated rings. The number of phenols is 1. The molecule has 0 aliphatic carbocycles. The van der Waals surface area contributed by atoms with Crippen LogP contribution in [0.2, 0.25) is 0 Å². The fraction of sp³-hybridized carbons (Fsp3) is 0.556. The summed E-state index contributed by atoms with van der Waals surface area (Å²) in [4.78, 5) is 17.7. The van der Waals surface area contributed by atoms with E-state index in [1.807, 2.05) is 12.1 Å². The lowest BCUT2D eigenvalue weighted by molar-refractivity contribution is -0.119. The number of hydrogen-bond acceptors (Lipinski definition) is 3. The summed E-state index contributed by atoms with van der Waals surface area (Å²) in [5.41, 5.74) is 6.53. The number of hydrogen-bond donors (Lipinski definition) is 3. The minimum absolute atomic E-state index is 0.223. The highest BCUT2D eigenvalue weighted by Crippen LogP contribution is 2.19. The Balaban J connectivity index is 1.75.